The summed E-state index contributed by atoms with van der Waals surface area (Å²) in [6.45, 7) is 6.04. The van der Waals surface area contributed by atoms with E-state index >= 15 is 0 Å². The Kier molecular flexibility index (Phi) is 12.2. The molecule has 0 aliphatic carbocycles. The van der Waals surface area contributed by atoms with Crippen LogP contribution in [0.3, 0.4) is 0 Å². The van der Waals surface area contributed by atoms with Gasteiger partial charge in [0.15, 0.2) is 0 Å². The Morgan fingerprint density at radius 2 is 1.89 bits per heavy atom. The van der Waals surface area contributed by atoms with E-state index in [4.69, 9.17) is 9.47 Å². The topological polar surface area (TPSA) is 125 Å². The molecule has 12 heteroatoms. The van der Waals surface area contributed by atoms with Crippen molar-refractivity contribution in [1.82, 2.24) is 9.21 Å². The number of carbonyl (C=O) groups excluding carboxylic acids is 2. The van der Waals surface area contributed by atoms with Crippen LogP contribution in [0.4, 0.5) is 5.69 Å². The maximum atomic E-state index is 14.3. The second kappa shape index (κ2) is 15.8. The first kappa shape index (κ1) is 34.6. The van der Waals surface area contributed by atoms with Gasteiger partial charge in [-0.3, -0.25) is 9.59 Å². The zero-order valence-electron chi connectivity index (χ0n) is 26.2. The number of aliphatic hydroxyl groups is 1. The number of nitrogens with zero attached hydrogens (tertiary/aromatic N) is 2. The quantitative estimate of drug-likeness (QED) is 0.345. The second-order valence-corrected chi connectivity index (χ2v) is 14.8. The lowest BCUT2D eigenvalue weighted by atomic mass is 10.0. The van der Waals surface area contributed by atoms with Gasteiger partial charge in [-0.25, -0.2) is 8.42 Å². The first-order chi connectivity index (χ1) is 21.5. The molecule has 4 atom stereocenters. The van der Waals surface area contributed by atoms with Crippen molar-refractivity contribution in [2.24, 2.45) is 5.92 Å². The van der Waals surface area contributed by atoms with Crippen molar-refractivity contribution >= 4 is 38.9 Å². The molecule has 45 heavy (non-hydrogen) atoms. The van der Waals surface area contributed by atoms with Gasteiger partial charge in [0.1, 0.15) is 9.96 Å². The van der Waals surface area contributed by atoms with Crippen LogP contribution in [0, 0.1) is 5.92 Å². The van der Waals surface area contributed by atoms with Crippen molar-refractivity contribution in [2.45, 2.75) is 62.5 Å². The van der Waals surface area contributed by atoms with E-state index in [1.807, 2.05) is 19.9 Å². The van der Waals surface area contributed by atoms with Crippen LogP contribution in [0.1, 0.15) is 60.7 Å². The molecule has 0 saturated heterocycles. The molecule has 2 N–H and O–H groups in total. The molecule has 0 fully saturated rings. The Balaban J connectivity index is 1.65. The van der Waals surface area contributed by atoms with Crippen LogP contribution in [0.5, 0.6) is 5.75 Å². The summed E-state index contributed by atoms with van der Waals surface area (Å²) in [7, 11) is -2.17. The smallest absolute Gasteiger partial charge is 0.258 e. The fraction of sp³-hybridized carbons (Fsp3) is 0.455. The monoisotopic (exact) mass is 657 g/mol. The first-order valence-corrected chi connectivity index (χ1v) is 17.5. The minimum Gasteiger partial charge on any atom is -0.490 e. The number of rotatable bonds is 8. The molecule has 0 bridgehead atoms. The summed E-state index contributed by atoms with van der Waals surface area (Å²) in [5.74, 6) is -0.596. The van der Waals surface area contributed by atoms with E-state index in [0.717, 1.165) is 24.2 Å². The van der Waals surface area contributed by atoms with Crippen LogP contribution in [-0.4, -0.2) is 86.1 Å². The Labute approximate surface area is 270 Å². The minimum absolute atomic E-state index is 0.0999. The maximum absolute atomic E-state index is 14.3. The summed E-state index contributed by atoms with van der Waals surface area (Å²) in [6.07, 6.45) is 1.56. The Morgan fingerprint density at radius 3 is 2.58 bits per heavy atom. The van der Waals surface area contributed by atoms with Gasteiger partial charge in [0, 0.05) is 43.9 Å². The van der Waals surface area contributed by atoms with Crippen molar-refractivity contribution in [3.63, 3.8) is 0 Å². The van der Waals surface area contributed by atoms with E-state index in [0.29, 0.717) is 30.0 Å². The molecule has 1 aromatic heterocycles. The predicted molar refractivity (Wildman–Crippen MR) is 175 cm³/mol. The number of thiophene rings is 1. The highest BCUT2D eigenvalue weighted by atomic mass is 32.2. The zero-order chi connectivity index (χ0) is 32.6. The number of hydrogen-bond acceptors (Lipinski definition) is 8. The van der Waals surface area contributed by atoms with Gasteiger partial charge >= 0.3 is 0 Å². The van der Waals surface area contributed by atoms with E-state index in [2.05, 4.69) is 5.32 Å². The molecule has 4 rings (SSSR count). The van der Waals surface area contributed by atoms with Crippen molar-refractivity contribution in [3.05, 3.63) is 77.2 Å². The van der Waals surface area contributed by atoms with Gasteiger partial charge in [0.05, 0.1) is 30.4 Å². The molecule has 1 aliphatic heterocycles. The molecule has 2 aromatic carbocycles. The van der Waals surface area contributed by atoms with Crippen molar-refractivity contribution in [1.29, 1.82) is 0 Å². The van der Waals surface area contributed by atoms with Gasteiger partial charge in [0.25, 0.3) is 21.8 Å². The highest BCUT2D eigenvalue weighted by Crippen LogP contribution is 2.29. The number of benzene rings is 2. The summed E-state index contributed by atoms with van der Waals surface area (Å²) in [5.41, 5.74) is 1.17. The first-order valence-electron chi connectivity index (χ1n) is 15.2. The van der Waals surface area contributed by atoms with Crippen LogP contribution in [-0.2, 0) is 14.8 Å². The highest BCUT2D eigenvalue weighted by molar-refractivity contribution is 7.91. The van der Waals surface area contributed by atoms with E-state index in [-0.39, 0.29) is 53.3 Å². The molecule has 0 radical (unpaired) electrons. The molecule has 0 unspecified atom stereocenters. The number of amides is 2. The second-order valence-electron chi connectivity index (χ2n) is 11.5. The van der Waals surface area contributed by atoms with Crippen LogP contribution in [0.2, 0.25) is 0 Å². The molecule has 2 heterocycles. The van der Waals surface area contributed by atoms with Crippen LogP contribution in [0.25, 0.3) is 0 Å². The predicted octanol–water partition coefficient (Wildman–Crippen LogP) is 5.12. The number of sulfonamides is 1. The fourth-order valence-corrected chi connectivity index (χ4v) is 7.56. The van der Waals surface area contributed by atoms with Gasteiger partial charge in [-0.15, -0.1) is 11.3 Å². The summed E-state index contributed by atoms with van der Waals surface area (Å²) in [5, 5.41) is 14.8. The van der Waals surface area contributed by atoms with E-state index in [1.54, 1.807) is 71.8 Å². The van der Waals surface area contributed by atoms with Gasteiger partial charge < -0.3 is 24.8 Å². The SMILES string of the molecule is C[C@@H]1CN([C@@H](C)CO)C(=O)c2cc(NC(=O)c3ccccc3)ccc2O[C@@H](C)CCCCO[C@@H]1CN(C)S(=O)(=O)c1cccs1. The van der Waals surface area contributed by atoms with Gasteiger partial charge in [-0.05, 0) is 74.9 Å². The Morgan fingerprint density at radius 1 is 1.13 bits per heavy atom. The van der Waals surface area contributed by atoms with Gasteiger partial charge in [-0.2, -0.15) is 4.31 Å². The van der Waals surface area contributed by atoms with Gasteiger partial charge in [0.2, 0.25) is 0 Å². The zero-order valence-corrected chi connectivity index (χ0v) is 27.9. The molecular formula is C33H43N3O7S2. The molecule has 0 spiro atoms. The molecular weight excluding hydrogens is 615 g/mol. The highest BCUT2D eigenvalue weighted by Gasteiger charge is 2.32. The lowest BCUT2D eigenvalue weighted by molar-refractivity contribution is -0.00832. The number of aliphatic hydroxyl groups excluding tert-OH is 1. The van der Waals surface area contributed by atoms with E-state index in [1.165, 1.54) is 11.4 Å². The number of carbonyl (C=O) groups is 2. The Bertz CT molecular complexity index is 1520. The maximum Gasteiger partial charge on any atom is 0.258 e. The average molecular weight is 658 g/mol. The third kappa shape index (κ3) is 8.92. The number of anilines is 1. The minimum atomic E-state index is -3.71. The third-order valence-electron chi connectivity index (χ3n) is 7.94. The van der Waals surface area contributed by atoms with Crippen LogP contribution < -0.4 is 10.1 Å². The average Bonchev–Trinajstić information content (AvgIpc) is 3.59. The number of fused-ring (bicyclic) bond motifs is 1. The van der Waals surface area contributed by atoms with Crippen LogP contribution in [0.15, 0.2) is 70.3 Å². The lowest BCUT2D eigenvalue weighted by Gasteiger charge is -2.35. The Hall–Kier alpha value is -3.29. The number of hydrogen-bond donors (Lipinski definition) is 2. The largest absolute Gasteiger partial charge is 0.490 e. The summed E-state index contributed by atoms with van der Waals surface area (Å²) >= 11 is 1.16. The number of ether oxygens (including phenoxy) is 2. The van der Waals surface area contributed by atoms with E-state index in [9.17, 15) is 23.1 Å². The van der Waals surface area contributed by atoms with Crippen LogP contribution >= 0.6 is 11.3 Å². The molecule has 10 nitrogen and oxygen atoms in total. The summed E-state index contributed by atoms with van der Waals surface area (Å²) in [4.78, 5) is 28.7. The summed E-state index contributed by atoms with van der Waals surface area (Å²) in [6, 6.07) is 16.5. The van der Waals surface area contributed by atoms with Crippen molar-refractivity contribution in [2.75, 3.05) is 38.7 Å². The lowest BCUT2D eigenvalue weighted by Crippen LogP contribution is -2.48. The molecule has 0 saturated carbocycles. The van der Waals surface area contributed by atoms with E-state index < -0.39 is 22.2 Å². The molecule has 3 aromatic rings. The standard InChI is InChI=1S/C33H43N3O7S2/c1-23-20-36(24(2)22-37)33(39)28-19-27(34-32(38)26-12-6-5-7-13-26)15-16-29(28)43-25(3)11-8-9-17-42-30(23)21-35(4)45(40,41)31-14-10-18-44-31/h5-7,10,12-16,18-19,23-25,30,37H,8-9,11,17,20-22H2,1-4H3,(H,34,38)/t23-,24+,25+,30-/m1/s1. The van der Waals surface area contributed by atoms with Gasteiger partial charge in [-0.1, -0.05) is 31.2 Å². The third-order valence-corrected chi connectivity index (χ3v) is 11.1. The number of likely N-dealkylation sites (N-methyl/N-ethyl adjacent to an activating group) is 1. The number of nitrogens with one attached hydrogen (secondary N) is 1. The summed E-state index contributed by atoms with van der Waals surface area (Å²) < 4.78 is 40.5. The molecule has 244 valence electrons. The van der Waals surface area contributed by atoms with Crippen molar-refractivity contribution < 1.29 is 32.6 Å². The van der Waals surface area contributed by atoms with Crippen molar-refractivity contribution in [3.8, 4) is 5.75 Å². The molecule has 1 aliphatic rings. The normalized spacial score (nSPS) is 21.0. The fourth-order valence-electron chi connectivity index (χ4n) is 5.17. The molecule has 2 amide bonds.